The number of phenols is 2. The number of benzene rings is 2. The van der Waals surface area contributed by atoms with Crippen LogP contribution in [0.1, 0.15) is 19.8 Å². The van der Waals surface area contributed by atoms with Crippen LogP contribution in [0, 0.1) is 0 Å². The summed E-state index contributed by atoms with van der Waals surface area (Å²) in [4.78, 5) is 35.7. The van der Waals surface area contributed by atoms with E-state index in [1.54, 1.807) is 0 Å². The molecule has 0 bridgehead atoms. The number of fused-ring (bicyclic) bond motifs is 1. The average Bonchev–Trinajstić information content (AvgIpc) is 2.87. The van der Waals surface area contributed by atoms with Crippen molar-refractivity contribution in [3.8, 4) is 28.6 Å². The van der Waals surface area contributed by atoms with Crippen LogP contribution in [-0.4, -0.2) is 90.6 Å². The molecule has 1 aliphatic heterocycles. The van der Waals surface area contributed by atoms with Crippen molar-refractivity contribution in [2.24, 2.45) is 0 Å². The molecule has 1 saturated heterocycles. The number of carbonyl (C=O) groups is 2. The Morgan fingerprint density at radius 2 is 1.61 bits per heavy atom. The number of ketones is 1. The number of aliphatic carboxylic acids is 1. The number of hydrogen-bond donors (Lipinski definition) is 7. The number of Topliss-reactive ketones (excluding diaryl/α,β-unsaturated/α-hetero) is 1. The van der Waals surface area contributed by atoms with E-state index >= 15 is 0 Å². The van der Waals surface area contributed by atoms with Crippen molar-refractivity contribution in [2.75, 3.05) is 6.61 Å². The van der Waals surface area contributed by atoms with Crippen LogP contribution in [0.5, 0.6) is 17.2 Å². The lowest BCUT2D eigenvalue weighted by Gasteiger charge is -2.39. The molecule has 0 radical (unpaired) electrons. The Morgan fingerprint density at radius 1 is 0.951 bits per heavy atom. The van der Waals surface area contributed by atoms with Crippen molar-refractivity contribution in [1.29, 1.82) is 0 Å². The molecule has 4 rings (SSSR count). The minimum absolute atomic E-state index is 0.000250. The number of carbonyl (C=O) groups excluding carboxylic acids is 1. The predicted octanol–water partition coefficient (Wildman–Crippen LogP) is 0.217. The van der Waals surface area contributed by atoms with Crippen molar-refractivity contribution in [1.82, 2.24) is 0 Å². The van der Waals surface area contributed by atoms with Crippen molar-refractivity contribution < 1.29 is 64.0 Å². The molecule has 0 aliphatic carbocycles. The Kier molecular flexibility index (Phi) is 8.63. The van der Waals surface area contributed by atoms with E-state index < -0.39 is 78.9 Å². The second kappa shape index (κ2) is 11.8. The molecular formula is C27H28O14. The summed E-state index contributed by atoms with van der Waals surface area (Å²) in [7, 11) is 0. The summed E-state index contributed by atoms with van der Waals surface area (Å²) >= 11 is 0. The van der Waals surface area contributed by atoms with Gasteiger partial charge in [-0.25, -0.2) is 0 Å². The molecule has 1 aliphatic rings. The van der Waals surface area contributed by atoms with Crippen LogP contribution < -0.4 is 10.2 Å². The first kappa shape index (κ1) is 29.9. The lowest BCUT2D eigenvalue weighted by molar-refractivity contribution is -0.331. The first-order chi connectivity index (χ1) is 19.2. The highest BCUT2D eigenvalue weighted by Gasteiger charge is 2.46. The minimum Gasteiger partial charge on any atom is -0.508 e. The molecule has 1 aromatic heterocycles. The lowest BCUT2D eigenvalue weighted by Crippen LogP contribution is -2.60. The van der Waals surface area contributed by atoms with Crippen LogP contribution in [0.3, 0.4) is 0 Å². The number of aliphatic hydroxyl groups is 4. The third-order valence-electron chi connectivity index (χ3n) is 6.23. The average molecular weight is 577 g/mol. The van der Waals surface area contributed by atoms with Gasteiger partial charge in [0.05, 0.1) is 12.0 Å². The van der Waals surface area contributed by atoms with Gasteiger partial charge in [-0.2, -0.15) is 0 Å². The second-order valence-corrected chi connectivity index (χ2v) is 9.89. The molecule has 1 unspecified atom stereocenters. The van der Waals surface area contributed by atoms with E-state index in [1.165, 1.54) is 30.3 Å². The van der Waals surface area contributed by atoms with Crippen LogP contribution >= 0.6 is 0 Å². The fraction of sp³-hybridized carbons (Fsp3) is 0.370. The molecule has 41 heavy (non-hydrogen) atoms. The summed E-state index contributed by atoms with van der Waals surface area (Å²) in [5.74, 6) is -2.63. The van der Waals surface area contributed by atoms with Gasteiger partial charge in [0.1, 0.15) is 58.9 Å². The third kappa shape index (κ3) is 7.00. The van der Waals surface area contributed by atoms with E-state index in [4.69, 9.17) is 23.7 Å². The van der Waals surface area contributed by atoms with Gasteiger partial charge in [0.15, 0.2) is 17.5 Å². The minimum atomic E-state index is -1.86. The summed E-state index contributed by atoms with van der Waals surface area (Å²) in [6.45, 7) is 0.415. The second-order valence-electron chi connectivity index (χ2n) is 9.89. The first-order valence-electron chi connectivity index (χ1n) is 12.3. The van der Waals surface area contributed by atoms with Crippen LogP contribution in [-0.2, 0) is 19.1 Å². The van der Waals surface area contributed by atoms with Gasteiger partial charge in [0, 0.05) is 30.2 Å². The Bertz CT molecular complexity index is 1480. The lowest BCUT2D eigenvalue weighted by atomic mass is 9.96. The van der Waals surface area contributed by atoms with Gasteiger partial charge in [-0.1, -0.05) is 0 Å². The maximum Gasteiger partial charge on any atom is 0.306 e. The highest BCUT2D eigenvalue weighted by Crippen LogP contribution is 2.33. The molecular weight excluding hydrogens is 548 g/mol. The predicted molar refractivity (Wildman–Crippen MR) is 137 cm³/mol. The molecule has 6 atom stereocenters. The summed E-state index contributed by atoms with van der Waals surface area (Å²) in [5.41, 5.74) is -2.08. The molecule has 0 spiro atoms. The Morgan fingerprint density at radius 3 is 2.27 bits per heavy atom. The number of aromatic hydroxyl groups is 2. The number of ether oxygens (including phenoxy) is 3. The highest BCUT2D eigenvalue weighted by atomic mass is 16.8. The van der Waals surface area contributed by atoms with Gasteiger partial charge < -0.3 is 54.4 Å². The Balaban J connectivity index is 1.52. The standard InChI is InChI=1S/C27H28O14/c1-27(37,10-20(32)33)9-14(29)11-38-25-23(35)22(34)24(36)26(41-25)39-15-6-16(30)21-17(31)8-18(40-19(21)7-15)12-2-4-13(28)5-3-12/h2-8,22-26,28,30,34-37H,9-11H2,1H3,(H,32,33)/t22-,23-,24+,25-,26+,27?/m0/s1. The molecule has 2 aromatic carbocycles. The van der Waals surface area contributed by atoms with Crippen molar-refractivity contribution in [3.63, 3.8) is 0 Å². The zero-order valence-corrected chi connectivity index (χ0v) is 21.5. The summed E-state index contributed by atoms with van der Waals surface area (Å²) in [6.07, 6.45) is -10.2. The molecule has 14 heteroatoms. The van der Waals surface area contributed by atoms with Crippen LogP contribution in [0.4, 0.5) is 0 Å². The number of rotatable bonds is 10. The summed E-state index contributed by atoms with van der Waals surface area (Å²) in [5, 5.41) is 69.7. The van der Waals surface area contributed by atoms with Crippen molar-refractivity contribution in [3.05, 3.63) is 52.7 Å². The smallest absolute Gasteiger partial charge is 0.306 e. The number of aliphatic hydroxyl groups excluding tert-OH is 3. The topological polar surface area (TPSA) is 234 Å². The van der Waals surface area contributed by atoms with Crippen LogP contribution in [0.25, 0.3) is 22.3 Å². The molecule has 220 valence electrons. The number of carboxylic acids is 1. The van der Waals surface area contributed by atoms with Crippen molar-refractivity contribution in [2.45, 2.75) is 56.3 Å². The molecule has 0 saturated carbocycles. The molecule has 2 heterocycles. The number of phenolic OH excluding ortho intramolecular Hbond substituents is 2. The monoisotopic (exact) mass is 576 g/mol. The fourth-order valence-corrected chi connectivity index (χ4v) is 4.31. The maximum atomic E-state index is 12.7. The van der Waals surface area contributed by atoms with E-state index in [0.717, 1.165) is 19.1 Å². The zero-order chi connectivity index (χ0) is 30.1. The van der Waals surface area contributed by atoms with Gasteiger partial charge >= 0.3 is 5.97 Å². The van der Waals surface area contributed by atoms with Crippen molar-refractivity contribution >= 4 is 22.7 Å². The normalized spacial score (nSPS) is 24.1. The Hall–Kier alpha value is -4.05. The SMILES string of the molecule is CC(O)(CC(=O)O)CC(=O)CO[C@H]1O[C@@H](Oc2cc(O)c3c(=O)cc(-c4ccc(O)cc4)oc3c2)[C@H](O)[C@@H](O)[C@@H]1O. The largest absolute Gasteiger partial charge is 0.508 e. The summed E-state index contributed by atoms with van der Waals surface area (Å²) < 4.78 is 21.9. The van der Waals surface area contributed by atoms with Gasteiger partial charge in [-0.3, -0.25) is 14.4 Å². The van der Waals surface area contributed by atoms with Crippen LogP contribution in [0.15, 0.2) is 51.7 Å². The summed E-state index contributed by atoms with van der Waals surface area (Å²) in [6, 6.07) is 9.22. The Labute approximate surface area is 231 Å². The van der Waals surface area contributed by atoms with E-state index in [9.17, 15) is 45.0 Å². The first-order valence-corrected chi connectivity index (χ1v) is 12.3. The fourth-order valence-electron chi connectivity index (χ4n) is 4.31. The molecule has 1 fully saturated rings. The quantitative estimate of drug-likeness (QED) is 0.171. The van der Waals surface area contributed by atoms with Crippen LogP contribution in [0.2, 0.25) is 0 Å². The van der Waals surface area contributed by atoms with E-state index in [1.807, 2.05) is 0 Å². The van der Waals surface area contributed by atoms with Gasteiger partial charge in [-0.05, 0) is 31.2 Å². The maximum absolute atomic E-state index is 12.7. The van der Waals surface area contributed by atoms with E-state index in [2.05, 4.69) is 0 Å². The third-order valence-corrected chi connectivity index (χ3v) is 6.23. The van der Waals surface area contributed by atoms with Gasteiger partial charge in [0.2, 0.25) is 6.29 Å². The highest BCUT2D eigenvalue weighted by molar-refractivity contribution is 5.86. The molecule has 14 nitrogen and oxygen atoms in total. The van der Waals surface area contributed by atoms with E-state index in [-0.39, 0.29) is 28.2 Å². The number of carboxylic acid groups (broad SMARTS) is 1. The van der Waals surface area contributed by atoms with Gasteiger partial charge in [0.25, 0.3) is 0 Å². The molecule has 3 aromatic rings. The molecule has 0 amide bonds. The zero-order valence-electron chi connectivity index (χ0n) is 21.5. The molecule has 7 N–H and O–H groups in total. The van der Waals surface area contributed by atoms with Gasteiger partial charge in [-0.15, -0.1) is 0 Å². The number of hydrogen-bond acceptors (Lipinski definition) is 13. The van der Waals surface area contributed by atoms with E-state index in [0.29, 0.717) is 5.56 Å².